The molecule has 0 saturated heterocycles. The number of nitrogens with two attached hydrogens (primary N) is 1. The first-order chi connectivity index (χ1) is 13.4. The van der Waals surface area contributed by atoms with E-state index >= 15 is 0 Å². The lowest BCUT2D eigenvalue weighted by molar-refractivity contribution is -0.148. The van der Waals surface area contributed by atoms with Crippen LogP contribution in [-0.2, 0) is 20.7 Å². The molecule has 148 valence electrons. The summed E-state index contributed by atoms with van der Waals surface area (Å²) in [5.41, 5.74) is 7.46. The molecule has 0 amide bonds. The quantitative estimate of drug-likeness (QED) is 0.188. The van der Waals surface area contributed by atoms with Gasteiger partial charge in [-0.1, -0.05) is 29.4 Å². The number of hydrogen-bond donors (Lipinski definition) is 5. The summed E-state index contributed by atoms with van der Waals surface area (Å²) in [6.07, 6.45) is -1.06. The lowest BCUT2D eigenvalue weighted by Crippen LogP contribution is -2.27. The summed E-state index contributed by atoms with van der Waals surface area (Å²) >= 11 is 0. The molecule has 0 radical (unpaired) electrons. The molecular formula is C19H21N3O6. The third-order valence-corrected chi connectivity index (χ3v) is 4.18. The molecule has 0 saturated carbocycles. The number of nitrogens with one attached hydrogen (secondary N) is 1. The van der Waals surface area contributed by atoms with Gasteiger partial charge < -0.3 is 31.2 Å². The first-order valence-electron chi connectivity index (χ1n) is 8.28. The third-order valence-electron chi connectivity index (χ3n) is 4.18. The number of carboxylic acids is 2. The van der Waals surface area contributed by atoms with Crippen LogP contribution >= 0.6 is 0 Å². The predicted octanol–water partition coefficient (Wildman–Crippen LogP) is 1.66. The highest BCUT2D eigenvalue weighted by Gasteiger charge is 2.25. The summed E-state index contributed by atoms with van der Waals surface area (Å²) in [7, 11) is 1.29. The van der Waals surface area contributed by atoms with Crippen molar-refractivity contribution in [2.45, 2.75) is 18.6 Å². The van der Waals surface area contributed by atoms with Crippen LogP contribution < -0.4 is 11.1 Å². The van der Waals surface area contributed by atoms with E-state index in [-0.39, 0.29) is 12.3 Å². The summed E-state index contributed by atoms with van der Waals surface area (Å²) in [4.78, 5) is 23.1. The number of amidine groups is 1. The molecule has 6 N–H and O–H groups in total. The molecule has 28 heavy (non-hydrogen) atoms. The van der Waals surface area contributed by atoms with Crippen LogP contribution in [0.5, 0.6) is 0 Å². The van der Waals surface area contributed by atoms with Gasteiger partial charge in [-0.25, -0.2) is 9.59 Å². The van der Waals surface area contributed by atoms with Crippen LogP contribution in [0.4, 0.5) is 5.69 Å². The van der Waals surface area contributed by atoms with Gasteiger partial charge in [0.05, 0.1) is 0 Å². The third kappa shape index (κ3) is 4.98. The molecule has 0 fully saturated rings. The molecule has 2 aromatic carbocycles. The van der Waals surface area contributed by atoms with Crippen molar-refractivity contribution in [3.05, 3.63) is 65.2 Å². The zero-order valence-corrected chi connectivity index (χ0v) is 15.1. The number of rotatable bonds is 9. The minimum atomic E-state index is -1.13. The van der Waals surface area contributed by atoms with E-state index in [1.165, 1.54) is 7.11 Å². The zero-order chi connectivity index (χ0) is 20.7. The predicted molar refractivity (Wildman–Crippen MR) is 102 cm³/mol. The number of oxime groups is 1. The Bertz CT molecular complexity index is 866. The molecule has 2 rings (SSSR count). The van der Waals surface area contributed by atoms with Crippen molar-refractivity contribution < 1.29 is 29.7 Å². The molecule has 0 spiro atoms. The molecule has 9 nitrogen and oxygen atoms in total. The number of anilines is 1. The number of nitrogens with zero attached hydrogens (tertiary/aromatic N) is 1. The van der Waals surface area contributed by atoms with Crippen LogP contribution in [0.2, 0.25) is 0 Å². The Balaban J connectivity index is 2.32. The average molecular weight is 387 g/mol. The van der Waals surface area contributed by atoms with E-state index < -0.39 is 24.1 Å². The highest BCUT2D eigenvalue weighted by atomic mass is 16.5. The van der Waals surface area contributed by atoms with Gasteiger partial charge in [-0.2, -0.15) is 0 Å². The summed E-state index contributed by atoms with van der Waals surface area (Å²) < 4.78 is 4.96. The molecule has 2 atom stereocenters. The lowest BCUT2D eigenvalue weighted by Gasteiger charge is -2.21. The van der Waals surface area contributed by atoms with E-state index in [4.69, 9.17) is 15.7 Å². The zero-order valence-electron chi connectivity index (χ0n) is 15.1. The summed E-state index contributed by atoms with van der Waals surface area (Å²) in [6, 6.07) is 11.9. The van der Waals surface area contributed by atoms with Crippen molar-refractivity contribution in [1.82, 2.24) is 0 Å². The smallest absolute Gasteiger partial charge is 0.333 e. The first kappa shape index (κ1) is 20.7. The van der Waals surface area contributed by atoms with Gasteiger partial charge in [0.25, 0.3) is 0 Å². The Morgan fingerprint density at radius 1 is 1.11 bits per heavy atom. The fraction of sp³-hybridized carbons (Fsp3) is 0.211. The average Bonchev–Trinajstić information content (AvgIpc) is 2.70. The number of benzene rings is 2. The second kappa shape index (κ2) is 9.38. The maximum atomic E-state index is 11.9. The van der Waals surface area contributed by atoms with Crippen molar-refractivity contribution in [1.29, 1.82) is 0 Å². The largest absolute Gasteiger partial charge is 0.479 e. The Labute approximate surface area is 161 Å². The molecule has 2 aromatic rings. The molecular weight excluding hydrogens is 366 g/mol. The fourth-order valence-corrected chi connectivity index (χ4v) is 2.71. The summed E-state index contributed by atoms with van der Waals surface area (Å²) in [5.74, 6) is -2.32. The molecule has 9 heteroatoms. The SMILES string of the molecule is COC(Cc1ccccc1C(Nc1ccc(C(N)=NO)cc1)C(=O)O)C(=O)O. The Morgan fingerprint density at radius 3 is 2.29 bits per heavy atom. The monoisotopic (exact) mass is 387 g/mol. The number of aliphatic carboxylic acids is 2. The number of ether oxygens (including phenoxy) is 1. The van der Waals surface area contributed by atoms with Gasteiger partial charge in [0, 0.05) is 24.8 Å². The number of hydrogen-bond acceptors (Lipinski definition) is 6. The van der Waals surface area contributed by atoms with Gasteiger partial charge in [0.15, 0.2) is 18.0 Å². The highest BCUT2D eigenvalue weighted by molar-refractivity contribution is 5.97. The minimum absolute atomic E-state index is 0.0237. The Hall–Kier alpha value is -3.59. The van der Waals surface area contributed by atoms with Crippen molar-refractivity contribution in [2.75, 3.05) is 12.4 Å². The first-order valence-corrected chi connectivity index (χ1v) is 8.28. The molecule has 0 heterocycles. The fourth-order valence-electron chi connectivity index (χ4n) is 2.71. The number of carbonyl (C=O) groups is 2. The molecule has 0 aliphatic heterocycles. The lowest BCUT2D eigenvalue weighted by atomic mass is 9.95. The van der Waals surface area contributed by atoms with Crippen molar-refractivity contribution in [3.63, 3.8) is 0 Å². The summed E-state index contributed by atoms with van der Waals surface area (Å²) in [6.45, 7) is 0. The van der Waals surface area contributed by atoms with E-state index in [1.54, 1.807) is 48.5 Å². The van der Waals surface area contributed by atoms with Crippen LogP contribution in [0, 0.1) is 0 Å². The van der Waals surface area contributed by atoms with Gasteiger partial charge >= 0.3 is 11.9 Å². The van der Waals surface area contributed by atoms with E-state index in [1.807, 2.05) is 0 Å². The number of carboxylic acid groups (broad SMARTS) is 2. The van der Waals surface area contributed by atoms with Crippen LogP contribution in [0.15, 0.2) is 53.7 Å². The molecule has 0 bridgehead atoms. The van der Waals surface area contributed by atoms with Crippen molar-refractivity contribution in [3.8, 4) is 0 Å². The van der Waals surface area contributed by atoms with Crippen LogP contribution in [0.1, 0.15) is 22.7 Å². The van der Waals surface area contributed by atoms with Gasteiger partial charge in [-0.05, 0) is 35.4 Å². The van der Waals surface area contributed by atoms with E-state index in [0.29, 0.717) is 22.4 Å². The topological polar surface area (TPSA) is 154 Å². The normalized spacial score (nSPS) is 13.5. The van der Waals surface area contributed by atoms with Gasteiger partial charge in [0.1, 0.15) is 0 Å². The van der Waals surface area contributed by atoms with Crippen LogP contribution in [-0.4, -0.2) is 46.4 Å². The maximum Gasteiger partial charge on any atom is 0.333 e. The minimum Gasteiger partial charge on any atom is -0.479 e. The molecule has 0 aliphatic carbocycles. The highest BCUT2D eigenvalue weighted by Crippen LogP contribution is 2.25. The standard InChI is InChI=1S/C19H21N3O6/c1-28-15(18(23)24)10-12-4-2-3-5-14(12)16(19(25)26)21-13-8-6-11(7-9-13)17(20)22-27/h2-9,15-16,21,27H,10H2,1H3,(H2,20,22)(H,23,24)(H,25,26). The molecule has 0 aliphatic rings. The van der Waals surface area contributed by atoms with Gasteiger partial charge in [-0.15, -0.1) is 0 Å². The van der Waals surface area contributed by atoms with E-state index in [9.17, 15) is 19.8 Å². The number of methoxy groups -OCH3 is 1. The second-order valence-corrected chi connectivity index (χ2v) is 5.94. The molecule has 2 unspecified atom stereocenters. The van der Waals surface area contributed by atoms with Crippen LogP contribution in [0.3, 0.4) is 0 Å². The summed E-state index contributed by atoms with van der Waals surface area (Å²) in [5, 5.41) is 33.4. The second-order valence-electron chi connectivity index (χ2n) is 5.94. The van der Waals surface area contributed by atoms with Crippen molar-refractivity contribution >= 4 is 23.5 Å². The van der Waals surface area contributed by atoms with E-state index in [0.717, 1.165) is 0 Å². The Kier molecular flexibility index (Phi) is 6.94. The van der Waals surface area contributed by atoms with Gasteiger partial charge in [0.2, 0.25) is 0 Å². The van der Waals surface area contributed by atoms with Crippen LogP contribution in [0.25, 0.3) is 0 Å². The van der Waals surface area contributed by atoms with Crippen molar-refractivity contribution in [2.24, 2.45) is 10.9 Å². The molecule has 0 aromatic heterocycles. The maximum absolute atomic E-state index is 11.9. The van der Waals surface area contributed by atoms with E-state index in [2.05, 4.69) is 10.5 Å². The van der Waals surface area contributed by atoms with Gasteiger partial charge in [-0.3, -0.25) is 0 Å². The Morgan fingerprint density at radius 2 is 1.75 bits per heavy atom.